The molecule has 1 atom stereocenters. The third kappa shape index (κ3) is 4.09. The van der Waals surface area contributed by atoms with Gasteiger partial charge in [0, 0.05) is 12.1 Å². The van der Waals surface area contributed by atoms with Crippen molar-refractivity contribution in [2.24, 2.45) is 0 Å². The number of fused-ring (bicyclic) bond motifs is 1. The second kappa shape index (κ2) is 8.54. The molecule has 0 aliphatic rings. The zero-order valence-electron chi connectivity index (χ0n) is 16.7. The fourth-order valence-corrected chi connectivity index (χ4v) is 3.84. The van der Waals surface area contributed by atoms with Gasteiger partial charge in [0.25, 0.3) is 5.91 Å². The number of nitrogens with zero attached hydrogens (tertiary/aromatic N) is 2. The predicted octanol–water partition coefficient (Wildman–Crippen LogP) is 6.17. The molecule has 7 heteroatoms. The average Bonchev–Trinajstić information content (AvgIpc) is 3.37. The summed E-state index contributed by atoms with van der Waals surface area (Å²) >= 11 is 12.2. The monoisotopic (exact) mass is 441 g/mol. The van der Waals surface area contributed by atoms with Gasteiger partial charge in [0.05, 0.1) is 33.4 Å². The summed E-state index contributed by atoms with van der Waals surface area (Å²) in [6.07, 6.45) is 2.35. The SMILES string of the molecule is CC[C@@H](NC(=O)c1ccc2c(c1)nc(C)n2Cc1ccc(Cl)c(Cl)c1)c1ccco1. The Hall–Kier alpha value is -2.76. The lowest BCUT2D eigenvalue weighted by Crippen LogP contribution is -2.27. The lowest BCUT2D eigenvalue weighted by Gasteiger charge is -2.14. The van der Waals surface area contributed by atoms with Gasteiger partial charge in [-0.25, -0.2) is 4.98 Å². The first-order valence-electron chi connectivity index (χ1n) is 9.71. The van der Waals surface area contributed by atoms with E-state index in [0.717, 1.165) is 34.6 Å². The summed E-state index contributed by atoms with van der Waals surface area (Å²) in [7, 11) is 0. The number of furan rings is 1. The second-order valence-corrected chi connectivity index (χ2v) is 7.96. The Morgan fingerprint density at radius 3 is 2.70 bits per heavy atom. The van der Waals surface area contributed by atoms with Gasteiger partial charge in [0.1, 0.15) is 11.6 Å². The van der Waals surface area contributed by atoms with E-state index < -0.39 is 0 Å². The molecule has 0 bridgehead atoms. The number of carbonyl (C=O) groups excluding carboxylic acids is 1. The highest BCUT2D eigenvalue weighted by Gasteiger charge is 2.18. The van der Waals surface area contributed by atoms with E-state index in [4.69, 9.17) is 27.6 Å². The van der Waals surface area contributed by atoms with E-state index >= 15 is 0 Å². The fourth-order valence-electron chi connectivity index (χ4n) is 3.52. The van der Waals surface area contributed by atoms with Crippen molar-refractivity contribution in [3.05, 3.63) is 87.6 Å². The van der Waals surface area contributed by atoms with Crippen LogP contribution in [0.1, 0.15) is 46.9 Å². The van der Waals surface area contributed by atoms with E-state index in [0.29, 0.717) is 22.2 Å². The molecule has 2 aromatic carbocycles. The van der Waals surface area contributed by atoms with Crippen LogP contribution in [-0.2, 0) is 6.54 Å². The van der Waals surface area contributed by atoms with Gasteiger partial charge in [-0.3, -0.25) is 4.79 Å². The van der Waals surface area contributed by atoms with Crippen molar-refractivity contribution in [2.75, 3.05) is 0 Å². The molecule has 0 aliphatic heterocycles. The number of hydrogen-bond acceptors (Lipinski definition) is 3. The van der Waals surface area contributed by atoms with Crippen molar-refractivity contribution in [1.82, 2.24) is 14.9 Å². The number of aromatic nitrogens is 2. The Kier molecular flexibility index (Phi) is 5.84. The van der Waals surface area contributed by atoms with Gasteiger partial charge < -0.3 is 14.3 Å². The number of benzene rings is 2. The van der Waals surface area contributed by atoms with Crippen molar-refractivity contribution >= 4 is 40.1 Å². The van der Waals surface area contributed by atoms with Crippen molar-refractivity contribution in [3.8, 4) is 0 Å². The van der Waals surface area contributed by atoms with Crippen molar-refractivity contribution in [1.29, 1.82) is 0 Å². The molecular weight excluding hydrogens is 421 g/mol. The number of imidazole rings is 1. The Bertz CT molecular complexity index is 1200. The average molecular weight is 442 g/mol. The summed E-state index contributed by atoms with van der Waals surface area (Å²) in [6, 6.07) is 14.7. The van der Waals surface area contributed by atoms with Crippen LogP contribution in [0.3, 0.4) is 0 Å². The molecule has 30 heavy (non-hydrogen) atoms. The normalized spacial score (nSPS) is 12.3. The number of halogens is 2. The first-order chi connectivity index (χ1) is 14.5. The van der Waals surface area contributed by atoms with Crippen LogP contribution in [0.5, 0.6) is 0 Å². The van der Waals surface area contributed by atoms with Crippen LogP contribution in [0, 0.1) is 6.92 Å². The highest BCUT2D eigenvalue weighted by atomic mass is 35.5. The lowest BCUT2D eigenvalue weighted by atomic mass is 10.1. The third-order valence-corrected chi connectivity index (χ3v) is 5.87. The highest BCUT2D eigenvalue weighted by molar-refractivity contribution is 6.42. The molecule has 4 aromatic rings. The van der Waals surface area contributed by atoms with Crippen molar-refractivity contribution in [3.63, 3.8) is 0 Å². The largest absolute Gasteiger partial charge is 0.467 e. The Morgan fingerprint density at radius 1 is 1.17 bits per heavy atom. The van der Waals surface area contributed by atoms with Gasteiger partial charge in [0.15, 0.2) is 0 Å². The van der Waals surface area contributed by atoms with E-state index in [9.17, 15) is 4.79 Å². The Morgan fingerprint density at radius 2 is 2.00 bits per heavy atom. The molecule has 2 heterocycles. The van der Waals surface area contributed by atoms with Gasteiger partial charge in [-0.05, 0) is 61.4 Å². The van der Waals surface area contributed by atoms with Gasteiger partial charge >= 0.3 is 0 Å². The summed E-state index contributed by atoms with van der Waals surface area (Å²) in [4.78, 5) is 17.4. The molecule has 0 saturated carbocycles. The maximum atomic E-state index is 12.8. The molecule has 4 rings (SSSR count). The summed E-state index contributed by atoms with van der Waals surface area (Å²) in [5.74, 6) is 1.45. The minimum atomic E-state index is -0.169. The van der Waals surface area contributed by atoms with Gasteiger partial charge in [-0.15, -0.1) is 0 Å². The molecule has 0 unspecified atom stereocenters. The van der Waals surface area contributed by atoms with Crippen LogP contribution in [-0.4, -0.2) is 15.5 Å². The molecule has 5 nitrogen and oxygen atoms in total. The molecule has 2 aromatic heterocycles. The van der Waals surface area contributed by atoms with Gasteiger partial charge in [0.2, 0.25) is 0 Å². The quantitative estimate of drug-likeness (QED) is 0.388. The summed E-state index contributed by atoms with van der Waals surface area (Å²) < 4.78 is 7.53. The molecule has 0 saturated heterocycles. The number of amides is 1. The zero-order chi connectivity index (χ0) is 21.3. The van der Waals surface area contributed by atoms with E-state index in [2.05, 4.69) is 14.9 Å². The molecule has 0 fully saturated rings. The predicted molar refractivity (Wildman–Crippen MR) is 119 cm³/mol. The van der Waals surface area contributed by atoms with E-state index in [1.807, 2.05) is 56.3 Å². The Labute approximate surface area is 184 Å². The first-order valence-corrected chi connectivity index (χ1v) is 10.5. The van der Waals surface area contributed by atoms with Crippen LogP contribution in [0.25, 0.3) is 11.0 Å². The number of carbonyl (C=O) groups is 1. The number of aryl methyl sites for hydroxylation is 1. The molecule has 0 spiro atoms. The topological polar surface area (TPSA) is 60.1 Å². The van der Waals surface area contributed by atoms with Gasteiger partial charge in [-0.2, -0.15) is 0 Å². The Balaban J connectivity index is 1.59. The summed E-state index contributed by atoms with van der Waals surface area (Å²) in [5.41, 5.74) is 3.31. The molecule has 1 amide bonds. The number of hydrogen-bond donors (Lipinski definition) is 1. The van der Waals surface area contributed by atoms with Crippen molar-refractivity contribution in [2.45, 2.75) is 32.9 Å². The van der Waals surface area contributed by atoms with Crippen LogP contribution >= 0.6 is 23.2 Å². The van der Waals surface area contributed by atoms with Gasteiger partial charge in [-0.1, -0.05) is 36.2 Å². The first kappa shape index (κ1) is 20.5. The summed E-state index contributed by atoms with van der Waals surface area (Å²) in [5, 5.41) is 4.08. The van der Waals surface area contributed by atoms with Crippen LogP contribution < -0.4 is 5.32 Å². The number of nitrogens with one attached hydrogen (secondary N) is 1. The summed E-state index contributed by atoms with van der Waals surface area (Å²) in [6.45, 7) is 4.56. The maximum absolute atomic E-state index is 12.8. The highest BCUT2D eigenvalue weighted by Crippen LogP contribution is 2.25. The lowest BCUT2D eigenvalue weighted by molar-refractivity contribution is 0.0930. The molecule has 154 valence electrons. The smallest absolute Gasteiger partial charge is 0.251 e. The fraction of sp³-hybridized carbons (Fsp3) is 0.217. The minimum absolute atomic E-state index is 0.156. The minimum Gasteiger partial charge on any atom is -0.467 e. The number of rotatable bonds is 6. The van der Waals surface area contributed by atoms with E-state index in [1.165, 1.54) is 0 Å². The maximum Gasteiger partial charge on any atom is 0.251 e. The third-order valence-electron chi connectivity index (χ3n) is 5.13. The molecular formula is C23H21Cl2N3O2. The standard InChI is InChI=1S/C23H21Cl2N3O2/c1-3-19(22-5-4-10-30-22)27-23(29)16-7-9-21-20(12-16)26-14(2)28(21)13-15-6-8-17(24)18(25)11-15/h4-12,19H,3,13H2,1-2H3,(H,27,29)/t19-/m1/s1. The zero-order valence-corrected chi connectivity index (χ0v) is 18.2. The van der Waals surface area contributed by atoms with Crippen LogP contribution in [0.15, 0.2) is 59.2 Å². The van der Waals surface area contributed by atoms with Crippen LogP contribution in [0.2, 0.25) is 10.0 Å². The van der Waals surface area contributed by atoms with E-state index in [1.54, 1.807) is 12.3 Å². The molecule has 0 aliphatic carbocycles. The second-order valence-electron chi connectivity index (χ2n) is 7.15. The molecule has 0 radical (unpaired) electrons. The molecule has 1 N–H and O–H groups in total. The van der Waals surface area contributed by atoms with Crippen molar-refractivity contribution < 1.29 is 9.21 Å². The van der Waals surface area contributed by atoms with Crippen LogP contribution in [0.4, 0.5) is 0 Å². The van der Waals surface area contributed by atoms with E-state index in [-0.39, 0.29) is 11.9 Å².